The van der Waals surface area contributed by atoms with Gasteiger partial charge in [-0.3, -0.25) is 4.79 Å². The van der Waals surface area contributed by atoms with E-state index in [4.69, 9.17) is 10.5 Å². The minimum absolute atomic E-state index is 0.0360. The van der Waals surface area contributed by atoms with Gasteiger partial charge in [0.25, 0.3) is 5.91 Å². The van der Waals surface area contributed by atoms with Crippen molar-refractivity contribution in [1.29, 1.82) is 0 Å². The van der Waals surface area contributed by atoms with Crippen LogP contribution in [-0.2, 0) is 9.53 Å². The number of nitrogens with one attached hydrogen (secondary N) is 1. The van der Waals surface area contributed by atoms with E-state index in [2.05, 4.69) is 5.32 Å². The van der Waals surface area contributed by atoms with Gasteiger partial charge < -0.3 is 15.8 Å². The lowest BCUT2D eigenvalue weighted by Crippen LogP contribution is -2.30. The first-order valence-corrected chi connectivity index (χ1v) is 4.22. The van der Waals surface area contributed by atoms with Crippen LogP contribution in [-0.4, -0.2) is 18.6 Å². The summed E-state index contributed by atoms with van der Waals surface area (Å²) >= 11 is 0. The first kappa shape index (κ1) is 9.64. The van der Waals surface area contributed by atoms with Gasteiger partial charge in [-0.2, -0.15) is 0 Å². The third-order valence-corrected chi connectivity index (χ3v) is 1.52. The first-order valence-electron chi connectivity index (χ1n) is 4.22. The zero-order valence-electron chi connectivity index (χ0n) is 7.83. The summed E-state index contributed by atoms with van der Waals surface area (Å²) in [7, 11) is 0. The van der Waals surface area contributed by atoms with Crippen molar-refractivity contribution in [2.45, 2.75) is 20.0 Å². The summed E-state index contributed by atoms with van der Waals surface area (Å²) in [5.41, 5.74) is 5.52. The number of allylic oxidation sites excluding steroid dienone is 1. The lowest BCUT2D eigenvalue weighted by molar-refractivity contribution is -0.115. The van der Waals surface area contributed by atoms with Gasteiger partial charge in [-0.25, -0.2) is 0 Å². The number of dihydropyridines is 1. The number of hydrogen-bond donors (Lipinski definition) is 2. The Hall–Kier alpha value is -1.45. The molecule has 1 aliphatic rings. The summed E-state index contributed by atoms with van der Waals surface area (Å²) in [6, 6.07) is 0. The maximum Gasteiger partial charge on any atom is 0.268 e. The Bertz CT molecular complexity index is 267. The number of rotatable bonds is 3. The highest BCUT2D eigenvalue weighted by molar-refractivity contribution is 5.92. The van der Waals surface area contributed by atoms with E-state index in [-0.39, 0.29) is 6.10 Å². The maximum absolute atomic E-state index is 10.9. The molecule has 0 aromatic heterocycles. The molecule has 4 heteroatoms. The highest BCUT2D eigenvalue weighted by atomic mass is 16.5. The molecule has 72 valence electrons. The van der Waals surface area contributed by atoms with Crippen molar-refractivity contribution in [3.05, 3.63) is 23.6 Å². The second kappa shape index (κ2) is 3.98. The lowest BCUT2D eigenvalue weighted by Gasteiger charge is -2.18. The molecule has 1 heterocycles. The van der Waals surface area contributed by atoms with Gasteiger partial charge in [-0.1, -0.05) is 6.08 Å². The summed E-state index contributed by atoms with van der Waals surface area (Å²) in [4.78, 5) is 10.9. The van der Waals surface area contributed by atoms with Crippen LogP contribution in [0.3, 0.4) is 0 Å². The highest BCUT2D eigenvalue weighted by Gasteiger charge is 2.14. The maximum atomic E-state index is 10.9. The fourth-order valence-electron chi connectivity index (χ4n) is 1.06. The minimum Gasteiger partial charge on any atom is -0.489 e. The number of carbonyl (C=O) groups is 1. The van der Waals surface area contributed by atoms with Gasteiger partial charge >= 0.3 is 0 Å². The Morgan fingerprint density at radius 3 is 2.92 bits per heavy atom. The van der Waals surface area contributed by atoms with Crippen LogP contribution in [0.15, 0.2) is 23.6 Å². The molecule has 1 aliphatic heterocycles. The van der Waals surface area contributed by atoms with Gasteiger partial charge in [0, 0.05) is 6.54 Å². The molecule has 0 aromatic rings. The molecule has 0 fully saturated rings. The number of hydrogen-bond acceptors (Lipinski definition) is 3. The SMILES string of the molecule is CC(C)OC1=C(C(N)=O)NCC=C1. The summed E-state index contributed by atoms with van der Waals surface area (Å²) in [5, 5.41) is 2.87. The van der Waals surface area contributed by atoms with Crippen LogP contribution >= 0.6 is 0 Å². The normalized spacial score (nSPS) is 15.9. The number of nitrogens with two attached hydrogens (primary N) is 1. The summed E-state index contributed by atoms with van der Waals surface area (Å²) in [5.74, 6) is 0.0359. The minimum atomic E-state index is -0.486. The highest BCUT2D eigenvalue weighted by Crippen LogP contribution is 2.11. The monoisotopic (exact) mass is 182 g/mol. The molecule has 0 spiro atoms. The molecule has 1 rings (SSSR count). The van der Waals surface area contributed by atoms with Gasteiger partial charge in [0.1, 0.15) is 11.5 Å². The summed E-state index contributed by atoms with van der Waals surface area (Å²) in [6.07, 6.45) is 3.68. The van der Waals surface area contributed by atoms with Crippen molar-refractivity contribution in [3.8, 4) is 0 Å². The molecule has 1 amide bonds. The molecule has 4 nitrogen and oxygen atoms in total. The Kier molecular flexibility index (Phi) is 2.95. The Morgan fingerprint density at radius 2 is 2.38 bits per heavy atom. The van der Waals surface area contributed by atoms with Crippen molar-refractivity contribution in [2.24, 2.45) is 5.73 Å². The number of primary amides is 1. The topological polar surface area (TPSA) is 64.3 Å². The Labute approximate surface area is 77.4 Å². The molecule has 3 N–H and O–H groups in total. The standard InChI is InChI=1S/C9H14N2O2/c1-6(2)13-7-4-3-5-11-8(7)9(10)12/h3-4,6,11H,5H2,1-2H3,(H2,10,12). The van der Waals surface area contributed by atoms with Crippen molar-refractivity contribution in [3.63, 3.8) is 0 Å². The first-order chi connectivity index (χ1) is 6.11. The van der Waals surface area contributed by atoms with Gasteiger partial charge in [0.2, 0.25) is 0 Å². The van der Waals surface area contributed by atoms with Crippen LogP contribution < -0.4 is 11.1 Å². The van der Waals surface area contributed by atoms with Crippen LogP contribution in [0.2, 0.25) is 0 Å². The molecule has 0 aromatic carbocycles. The van der Waals surface area contributed by atoms with E-state index in [1.54, 1.807) is 6.08 Å². The van der Waals surface area contributed by atoms with Crippen molar-refractivity contribution < 1.29 is 9.53 Å². The van der Waals surface area contributed by atoms with Crippen LogP contribution in [0.5, 0.6) is 0 Å². The molecule has 13 heavy (non-hydrogen) atoms. The van der Waals surface area contributed by atoms with E-state index in [9.17, 15) is 4.79 Å². The largest absolute Gasteiger partial charge is 0.489 e. The van der Waals surface area contributed by atoms with E-state index in [1.807, 2.05) is 19.9 Å². The van der Waals surface area contributed by atoms with Gasteiger partial charge in [0.15, 0.2) is 0 Å². The second-order valence-electron chi connectivity index (χ2n) is 3.05. The molecule has 0 radical (unpaired) electrons. The van der Waals surface area contributed by atoms with Crippen molar-refractivity contribution >= 4 is 5.91 Å². The predicted octanol–water partition coefficient (Wildman–Crippen LogP) is 0.268. The van der Waals surface area contributed by atoms with Crippen LogP contribution in [0.25, 0.3) is 0 Å². The van der Waals surface area contributed by atoms with Crippen molar-refractivity contribution in [1.82, 2.24) is 5.32 Å². The van der Waals surface area contributed by atoms with E-state index >= 15 is 0 Å². The fourth-order valence-corrected chi connectivity index (χ4v) is 1.06. The van der Waals surface area contributed by atoms with Crippen LogP contribution in [0.4, 0.5) is 0 Å². The van der Waals surface area contributed by atoms with E-state index in [0.717, 1.165) is 0 Å². The Morgan fingerprint density at radius 1 is 1.69 bits per heavy atom. The number of amides is 1. The molecular weight excluding hydrogens is 168 g/mol. The third-order valence-electron chi connectivity index (χ3n) is 1.52. The molecule has 0 saturated carbocycles. The summed E-state index contributed by atoms with van der Waals surface area (Å²) in [6.45, 7) is 4.41. The average molecular weight is 182 g/mol. The van der Waals surface area contributed by atoms with Crippen LogP contribution in [0.1, 0.15) is 13.8 Å². The zero-order valence-corrected chi connectivity index (χ0v) is 7.83. The lowest BCUT2D eigenvalue weighted by atomic mass is 10.2. The molecule has 0 bridgehead atoms. The van der Waals surface area contributed by atoms with Crippen LogP contribution in [0, 0.1) is 0 Å². The molecule has 0 saturated heterocycles. The van der Waals surface area contributed by atoms with Gasteiger partial charge in [-0.05, 0) is 19.9 Å². The van der Waals surface area contributed by atoms with E-state index < -0.39 is 5.91 Å². The van der Waals surface area contributed by atoms with Crippen molar-refractivity contribution in [2.75, 3.05) is 6.54 Å². The van der Waals surface area contributed by atoms with Gasteiger partial charge in [-0.15, -0.1) is 0 Å². The Balaban J connectivity index is 2.84. The molecule has 0 aliphatic carbocycles. The van der Waals surface area contributed by atoms with Gasteiger partial charge in [0.05, 0.1) is 6.10 Å². The number of ether oxygens (including phenoxy) is 1. The smallest absolute Gasteiger partial charge is 0.268 e. The molecule has 0 unspecified atom stereocenters. The third kappa shape index (κ3) is 2.50. The van der Waals surface area contributed by atoms with E-state index in [0.29, 0.717) is 18.0 Å². The second-order valence-corrected chi connectivity index (χ2v) is 3.05. The zero-order chi connectivity index (χ0) is 9.84. The molecular formula is C9H14N2O2. The fraction of sp³-hybridized carbons (Fsp3) is 0.444. The predicted molar refractivity (Wildman–Crippen MR) is 49.6 cm³/mol. The average Bonchev–Trinajstić information content (AvgIpc) is 2.03. The molecule has 0 atom stereocenters. The summed E-state index contributed by atoms with van der Waals surface area (Å²) < 4.78 is 5.39. The quantitative estimate of drug-likeness (QED) is 0.658. The number of carbonyl (C=O) groups excluding carboxylic acids is 1. The van der Waals surface area contributed by atoms with E-state index in [1.165, 1.54) is 0 Å².